The van der Waals surface area contributed by atoms with Crippen LogP contribution in [0.3, 0.4) is 0 Å². The van der Waals surface area contributed by atoms with Crippen LogP contribution in [-0.2, 0) is 6.42 Å². The van der Waals surface area contributed by atoms with Crippen LogP contribution in [-0.4, -0.2) is 10.7 Å². The molecule has 1 aromatic rings. The Morgan fingerprint density at radius 2 is 2.17 bits per heavy atom. The maximum atomic E-state index is 9.47. The molecule has 2 heteroatoms. The second-order valence-corrected chi connectivity index (χ2v) is 3.84. The van der Waals surface area contributed by atoms with E-state index in [-0.39, 0.29) is 0 Å². The molecule has 0 bridgehead atoms. The van der Waals surface area contributed by atoms with E-state index in [0.29, 0.717) is 0 Å². The molecule has 1 rings (SSSR count). The van der Waals surface area contributed by atoms with E-state index >= 15 is 0 Å². The van der Waals surface area contributed by atoms with Gasteiger partial charge in [-0.25, -0.2) is 0 Å². The monoisotopic (exact) mass is 168 g/mol. The Morgan fingerprint density at radius 1 is 1.50 bits per heavy atom. The van der Waals surface area contributed by atoms with Crippen molar-refractivity contribution < 1.29 is 9.52 Å². The maximum Gasteiger partial charge on any atom is 0.106 e. The van der Waals surface area contributed by atoms with Crippen LogP contribution in [0.4, 0.5) is 0 Å². The Hall–Kier alpha value is -0.760. The van der Waals surface area contributed by atoms with E-state index < -0.39 is 5.60 Å². The van der Waals surface area contributed by atoms with Gasteiger partial charge >= 0.3 is 0 Å². The lowest BCUT2D eigenvalue weighted by Gasteiger charge is -2.15. The summed E-state index contributed by atoms with van der Waals surface area (Å²) < 4.78 is 5.25. The van der Waals surface area contributed by atoms with Crippen LogP contribution >= 0.6 is 0 Å². The van der Waals surface area contributed by atoms with Gasteiger partial charge in [-0.2, -0.15) is 0 Å². The van der Waals surface area contributed by atoms with Crippen LogP contribution in [0, 0.1) is 6.92 Å². The summed E-state index contributed by atoms with van der Waals surface area (Å²) in [6.07, 6.45) is 3.23. The Morgan fingerprint density at radius 3 is 2.58 bits per heavy atom. The summed E-state index contributed by atoms with van der Waals surface area (Å²) in [7, 11) is 0. The molecule has 0 aliphatic carbocycles. The zero-order valence-corrected chi connectivity index (χ0v) is 7.92. The van der Waals surface area contributed by atoms with Gasteiger partial charge in [-0.15, -0.1) is 0 Å². The minimum absolute atomic E-state index is 0.598. The van der Waals surface area contributed by atoms with Gasteiger partial charge < -0.3 is 9.52 Å². The van der Waals surface area contributed by atoms with Gasteiger partial charge in [0.25, 0.3) is 0 Å². The summed E-state index contributed by atoms with van der Waals surface area (Å²) in [5.41, 5.74) is 0.568. The number of furan rings is 1. The maximum absolute atomic E-state index is 9.47. The molecule has 0 aromatic carbocycles. The van der Waals surface area contributed by atoms with Gasteiger partial charge in [0.05, 0.1) is 11.9 Å². The number of rotatable bonds is 3. The first-order valence-electron chi connectivity index (χ1n) is 4.24. The predicted molar refractivity (Wildman–Crippen MR) is 48.1 cm³/mol. The second kappa shape index (κ2) is 3.31. The van der Waals surface area contributed by atoms with Crippen LogP contribution < -0.4 is 0 Å². The summed E-state index contributed by atoms with van der Waals surface area (Å²) in [5, 5.41) is 9.47. The fourth-order valence-electron chi connectivity index (χ4n) is 1.08. The minimum atomic E-state index is -0.598. The van der Waals surface area contributed by atoms with Crippen LogP contribution in [0.2, 0.25) is 0 Å². The predicted octanol–water partition coefficient (Wildman–Crippen LogP) is 2.29. The normalized spacial score (nSPS) is 12.0. The first-order chi connectivity index (χ1) is 5.49. The summed E-state index contributed by atoms with van der Waals surface area (Å²) >= 11 is 0. The van der Waals surface area contributed by atoms with Crippen LogP contribution in [0.15, 0.2) is 16.7 Å². The van der Waals surface area contributed by atoms with Gasteiger partial charge in [-0.3, -0.25) is 0 Å². The van der Waals surface area contributed by atoms with Gasteiger partial charge in [0.2, 0.25) is 0 Å². The quantitative estimate of drug-likeness (QED) is 0.751. The molecule has 0 atom stereocenters. The van der Waals surface area contributed by atoms with E-state index in [0.717, 1.165) is 18.6 Å². The van der Waals surface area contributed by atoms with Crippen molar-refractivity contribution in [1.29, 1.82) is 0 Å². The van der Waals surface area contributed by atoms with E-state index in [2.05, 4.69) is 0 Å². The Balaban J connectivity index is 2.49. The molecule has 12 heavy (non-hydrogen) atoms. The summed E-state index contributed by atoms with van der Waals surface area (Å²) in [4.78, 5) is 0. The summed E-state index contributed by atoms with van der Waals surface area (Å²) in [5.74, 6) is 0.983. The lowest BCUT2D eigenvalue weighted by Crippen LogP contribution is -2.19. The first kappa shape index (κ1) is 9.33. The Bertz CT molecular complexity index is 243. The van der Waals surface area contributed by atoms with Crippen molar-refractivity contribution in [3.8, 4) is 0 Å². The summed E-state index contributed by atoms with van der Waals surface area (Å²) in [6.45, 7) is 5.64. The SMILES string of the molecule is Cc1ccoc1CCC(C)(C)O. The van der Waals surface area contributed by atoms with Crippen molar-refractivity contribution in [2.45, 2.75) is 39.2 Å². The highest BCUT2D eigenvalue weighted by atomic mass is 16.3. The van der Waals surface area contributed by atoms with Crippen molar-refractivity contribution in [3.05, 3.63) is 23.7 Å². The van der Waals surface area contributed by atoms with Crippen LogP contribution in [0.5, 0.6) is 0 Å². The molecular weight excluding hydrogens is 152 g/mol. The number of aliphatic hydroxyl groups is 1. The molecular formula is C10H16O2. The fourth-order valence-corrected chi connectivity index (χ4v) is 1.08. The molecule has 2 nitrogen and oxygen atoms in total. The molecule has 0 unspecified atom stereocenters. The standard InChI is InChI=1S/C10H16O2/c1-8-5-7-12-9(8)4-6-10(2,3)11/h5,7,11H,4,6H2,1-3H3. The highest BCUT2D eigenvalue weighted by molar-refractivity contribution is 5.14. The third-order valence-electron chi connectivity index (χ3n) is 1.93. The fraction of sp³-hybridized carbons (Fsp3) is 0.600. The van der Waals surface area contributed by atoms with E-state index in [1.54, 1.807) is 6.26 Å². The topological polar surface area (TPSA) is 33.4 Å². The second-order valence-electron chi connectivity index (χ2n) is 3.84. The van der Waals surface area contributed by atoms with Crippen molar-refractivity contribution in [2.75, 3.05) is 0 Å². The van der Waals surface area contributed by atoms with Gasteiger partial charge in [0.15, 0.2) is 0 Å². The molecule has 1 heterocycles. The van der Waals surface area contributed by atoms with E-state index in [4.69, 9.17) is 4.42 Å². The molecule has 1 N–H and O–H groups in total. The molecule has 0 fully saturated rings. The highest BCUT2D eigenvalue weighted by Gasteiger charge is 2.13. The van der Waals surface area contributed by atoms with Crippen LogP contribution in [0.25, 0.3) is 0 Å². The zero-order valence-electron chi connectivity index (χ0n) is 7.92. The highest BCUT2D eigenvalue weighted by Crippen LogP contribution is 2.16. The number of hydrogen-bond acceptors (Lipinski definition) is 2. The van der Waals surface area contributed by atoms with E-state index in [1.165, 1.54) is 5.56 Å². The Labute approximate surface area is 73.2 Å². The molecule has 0 spiro atoms. The molecule has 0 aliphatic rings. The minimum Gasteiger partial charge on any atom is -0.469 e. The smallest absolute Gasteiger partial charge is 0.106 e. The average molecular weight is 168 g/mol. The first-order valence-corrected chi connectivity index (χ1v) is 4.24. The number of hydrogen-bond donors (Lipinski definition) is 1. The summed E-state index contributed by atoms with van der Waals surface area (Å²) in [6, 6.07) is 1.94. The van der Waals surface area contributed by atoms with Gasteiger partial charge in [0, 0.05) is 6.42 Å². The Kier molecular flexibility index (Phi) is 2.58. The molecule has 0 saturated heterocycles. The molecule has 0 saturated carbocycles. The van der Waals surface area contributed by atoms with Crippen molar-refractivity contribution in [3.63, 3.8) is 0 Å². The van der Waals surface area contributed by atoms with E-state index in [9.17, 15) is 5.11 Å². The average Bonchev–Trinajstić information content (AvgIpc) is 2.29. The third kappa shape index (κ3) is 2.70. The lowest BCUT2D eigenvalue weighted by atomic mass is 10.0. The van der Waals surface area contributed by atoms with Crippen LogP contribution in [0.1, 0.15) is 31.6 Å². The van der Waals surface area contributed by atoms with Crippen molar-refractivity contribution in [2.24, 2.45) is 0 Å². The largest absolute Gasteiger partial charge is 0.469 e. The van der Waals surface area contributed by atoms with Gasteiger partial charge in [0.1, 0.15) is 5.76 Å². The van der Waals surface area contributed by atoms with Crippen molar-refractivity contribution in [1.82, 2.24) is 0 Å². The van der Waals surface area contributed by atoms with Gasteiger partial charge in [-0.1, -0.05) is 0 Å². The molecule has 0 radical (unpaired) electrons. The molecule has 0 amide bonds. The molecule has 0 aliphatic heterocycles. The zero-order chi connectivity index (χ0) is 9.19. The lowest BCUT2D eigenvalue weighted by molar-refractivity contribution is 0.0698. The number of aryl methyl sites for hydroxylation is 2. The third-order valence-corrected chi connectivity index (χ3v) is 1.93. The molecule has 1 aromatic heterocycles. The van der Waals surface area contributed by atoms with E-state index in [1.807, 2.05) is 26.8 Å². The molecule has 68 valence electrons. The van der Waals surface area contributed by atoms with Crippen molar-refractivity contribution >= 4 is 0 Å². The van der Waals surface area contributed by atoms with Gasteiger partial charge in [-0.05, 0) is 38.8 Å².